The number of rotatable bonds is 4. The van der Waals surface area contributed by atoms with Gasteiger partial charge in [0, 0.05) is 35.2 Å². The molecule has 1 amide bonds. The van der Waals surface area contributed by atoms with Gasteiger partial charge in [0.05, 0.1) is 10.2 Å². The van der Waals surface area contributed by atoms with Crippen LogP contribution < -0.4 is 5.32 Å². The van der Waals surface area contributed by atoms with Gasteiger partial charge in [0.15, 0.2) is 5.65 Å². The monoisotopic (exact) mass is 437 g/mol. The van der Waals surface area contributed by atoms with Crippen LogP contribution >= 0.6 is 31.9 Å². The summed E-state index contributed by atoms with van der Waals surface area (Å²) in [4.78, 5) is 16.1. The molecule has 0 aliphatic heterocycles. The van der Waals surface area contributed by atoms with Gasteiger partial charge in [-0.25, -0.2) is 4.98 Å². The number of fused-ring (bicyclic) bond motifs is 1. The lowest BCUT2D eigenvalue weighted by Crippen LogP contribution is -2.16. The van der Waals surface area contributed by atoms with Crippen molar-refractivity contribution < 1.29 is 9.53 Å². The molecule has 0 bridgehead atoms. The van der Waals surface area contributed by atoms with Gasteiger partial charge in [0.1, 0.15) is 6.61 Å². The summed E-state index contributed by atoms with van der Waals surface area (Å²) in [6, 6.07) is 9.50. The smallest absolute Gasteiger partial charge is 0.250 e. The second-order valence-corrected chi connectivity index (χ2v) is 6.69. The first-order valence-corrected chi connectivity index (χ1v) is 8.38. The van der Waals surface area contributed by atoms with E-state index in [1.807, 2.05) is 47.1 Å². The molecule has 0 aliphatic carbocycles. The third-order valence-electron chi connectivity index (χ3n) is 3.21. The van der Waals surface area contributed by atoms with Crippen LogP contribution in [0.2, 0.25) is 0 Å². The summed E-state index contributed by atoms with van der Waals surface area (Å²) in [5.74, 6) is -0.179. The number of hydrogen-bond donors (Lipinski definition) is 1. The number of ether oxygens (including phenoxy) is 1. The Balaban J connectivity index is 1.87. The number of methoxy groups -OCH3 is 1. The van der Waals surface area contributed by atoms with Crippen LogP contribution in [0.4, 0.5) is 5.69 Å². The number of aromatic nitrogens is 2. The lowest BCUT2D eigenvalue weighted by atomic mass is 10.1. The fourth-order valence-electron chi connectivity index (χ4n) is 2.22. The van der Waals surface area contributed by atoms with Gasteiger partial charge >= 0.3 is 0 Å². The maximum Gasteiger partial charge on any atom is 0.250 e. The van der Waals surface area contributed by atoms with E-state index in [0.717, 1.165) is 31.5 Å². The van der Waals surface area contributed by atoms with E-state index in [0.29, 0.717) is 0 Å². The van der Waals surface area contributed by atoms with E-state index in [9.17, 15) is 4.79 Å². The van der Waals surface area contributed by atoms with Gasteiger partial charge < -0.3 is 14.5 Å². The molecule has 0 saturated carbocycles. The standard InChI is InChI=1S/C16H13Br2N3O2/c1-23-9-15(22)19-12-4-2-10(3-5-12)14-8-21-7-11(17)6-13(18)16(21)20-14/h2-8H,9H2,1H3,(H,19,22). The number of hydrogen-bond acceptors (Lipinski definition) is 3. The lowest BCUT2D eigenvalue weighted by Gasteiger charge is -2.04. The number of halogens is 2. The molecule has 118 valence electrons. The second-order valence-electron chi connectivity index (χ2n) is 4.92. The van der Waals surface area contributed by atoms with E-state index < -0.39 is 0 Å². The van der Waals surface area contributed by atoms with E-state index in [2.05, 4.69) is 42.2 Å². The average Bonchev–Trinajstić information content (AvgIpc) is 2.92. The van der Waals surface area contributed by atoms with E-state index in [-0.39, 0.29) is 12.5 Å². The maximum atomic E-state index is 11.5. The molecule has 2 heterocycles. The molecule has 0 atom stereocenters. The Morgan fingerprint density at radius 3 is 2.70 bits per heavy atom. The minimum Gasteiger partial charge on any atom is -0.375 e. The van der Waals surface area contributed by atoms with Crippen molar-refractivity contribution in [2.75, 3.05) is 19.0 Å². The van der Waals surface area contributed by atoms with Crippen molar-refractivity contribution in [2.45, 2.75) is 0 Å². The van der Waals surface area contributed by atoms with Gasteiger partial charge in [-0.05, 0) is 50.1 Å². The van der Waals surface area contributed by atoms with Crippen LogP contribution in [0.3, 0.4) is 0 Å². The number of anilines is 1. The molecule has 0 fully saturated rings. The number of carbonyl (C=O) groups excluding carboxylic acids is 1. The summed E-state index contributed by atoms with van der Waals surface area (Å²) >= 11 is 6.98. The molecule has 7 heteroatoms. The first kappa shape index (κ1) is 16.2. The van der Waals surface area contributed by atoms with Crippen LogP contribution in [-0.4, -0.2) is 29.0 Å². The van der Waals surface area contributed by atoms with Gasteiger partial charge in [-0.1, -0.05) is 12.1 Å². The van der Waals surface area contributed by atoms with Crippen molar-refractivity contribution in [2.24, 2.45) is 0 Å². The maximum absolute atomic E-state index is 11.5. The highest BCUT2D eigenvalue weighted by Gasteiger charge is 2.08. The van der Waals surface area contributed by atoms with Crippen LogP contribution in [0, 0.1) is 0 Å². The third-order valence-corrected chi connectivity index (χ3v) is 4.23. The number of amides is 1. The van der Waals surface area contributed by atoms with Crippen molar-refractivity contribution in [3.63, 3.8) is 0 Å². The van der Waals surface area contributed by atoms with Crippen LogP contribution in [0.15, 0.2) is 51.7 Å². The van der Waals surface area contributed by atoms with Crippen LogP contribution in [-0.2, 0) is 9.53 Å². The largest absolute Gasteiger partial charge is 0.375 e. The Hall–Kier alpha value is -1.70. The van der Waals surface area contributed by atoms with Gasteiger partial charge in [-0.15, -0.1) is 0 Å². The molecule has 5 nitrogen and oxygen atoms in total. The third kappa shape index (κ3) is 3.63. The fourth-order valence-corrected chi connectivity index (χ4v) is 3.51. The Morgan fingerprint density at radius 2 is 2.00 bits per heavy atom. The Bertz CT molecular complexity index is 860. The minimum atomic E-state index is -0.179. The summed E-state index contributed by atoms with van der Waals surface area (Å²) in [7, 11) is 1.49. The summed E-state index contributed by atoms with van der Waals surface area (Å²) in [6.07, 6.45) is 3.92. The quantitative estimate of drug-likeness (QED) is 0.666. The highest BCUT2D eigenvalue weighted by molar-refractivity contribution is 9.11. The highest BCUT2D eigenvalue weighted by Crippen LogP contribution is 2.27. The summed E-state index contributed by atoms with van der Waals surface area (Å²) in [5, 5.41) is 2.76. The number of pyridine rings is 1. The number of benzene rings is 1. The van der Waals surface area contributed by atoms with E-state index in [1.54, 1.807) is 0 Å². The molecule has 3 aromatic rings. The molecule has 2 aromatic heterocycles. The van der Waals surface area contributed by atoms with E-state index in [4.69, 9.17) is 4.74 Å². The van der Waals surface area contributed by atoms with Crippen molar-refractivity contribution in [1.29, 1.82) is 0 Å². The van der Waals surface area contributed by atoms with E-state index >= 15 is 0 Å². The van der Waals surface area contributed by atoms with Crippen molar-refractivity contribution in [3.05, 3.63) is 51.7 Å². The molecule has 1 aromatic carbocycles. The summed E-state index contributed by atoms with van der Waals surface area (Å²) in [6.45, 7) is 0.0388. The fraction of sp³-hybridized carbons (Fsp3) is 0.125. The zero-order chi connectivity index (χ0) is 16.4. The molecule has 23 heavy (non-hydrogen) atoms. The van der Waals surface area contributed by atoms with Gasteiger partial charge in [-0.3, -0.25) is 4.79 Å². The molecule has 0 unspecified atom stereocenters. The SMILES string of the molecule is COCC(=O)Nc1ccc(-c2cn3cc(Br)cc(Br)c3n2)cc1. The average molecular weight is 439 g/mol. The molecule has 0 spiro atoms. The van der Waals surface area contributed by atoms with Crippen molar-refractivity contribution >= 4 is 49.1 Å². The molecular formula is C16H13Br2N3O2. The molecule has 3 rings (SSSR count). The Labute approximate surface area is 149 Å². The lowest BCUT2D eigenvalue weighted by molar-refractivity contribution is -0.119. The summed E-state index contributed by atoms with van der Waals surface area (Å²) < 4.78 is 8.63. The number of nitrogens with zero attached hydrogens (tertiary/aromatic N) is 2. The number of nitrogens with one attached hydrogen (secondary N) is 1. The summed E-state index contributed by atoms with van der Waals surface area (Å²) in [5.41, 5.74) is 3.41. The van der Waals surface area contributed by atoms with E-state index in [1.165, 1.54) is 7.11 Å². The number of carbonyl (C=O) groups is 1. The van der Waals surface area contributed by atoms with Crippen molar-refractivity contribution in [3.8, 4) is 11.3 Å². The first-order valence-electron chi connectivity index (χ1n) is 6.80. The zero-order valence-corrected chi connectivity index (χ0v) is 15.4. The number of imidazole rings is 1. The van der Waals surface area contributed by atoms with Crippen molar-refractivity contribution in [1.82, 2.24) is 9.38 Å². The highest BCUT2D eigenvalue weighted by atomic mass is 79.9. The van der Waals surface area contributed by atoms with Crippen LogP contribution in [0.5, 0.6) is 0 Å². The Morgan fingerprint density at radius 1 is 1.26 bits per heavy atom. The molecule has 0 aliphatic rings. The van der Waals surface area contributed by atoms with Crippen LogP contribution in [0.1, 0.15) is 0 Å². The van der Waals surface area contributed by atoms with Gasteiger partial charge in [-0.2, -0.15) is 0 Å². The molecule has 0 saturated heterocycles. The zero-order valence-electron chi connectivity index (χ0n) is 12.2. The van der Waals surface area contributed by atoms with Gasteiger partial charge in [0.25, 0.3) is 0 Å². The molecule has 1 N–H and O–H groups in total. The predicted molar refractivity (Wildman–Crippen MR) is 96.5 cm³/mol. The van der Waals surface area contributed by atoms with Crippen LogP contribution in [0.25, 0.3) is 16.9 Å². The predicted octanol–water partition coefficient (Wildman–Crippen LogP) is 4.11. The normalized spacial score (nSPS) is 10.9. The topological polar surface area (TPSA) is 55.6 Å². The Kier molecular flexibility index (Phi) is 4.79. The minimum absolute atomic E-state index is 0.0388. The molecule has 0 radical (unpaired) electrons. The molecular weight excluding hydrogens is 426 g/mol. The van der Waals surface area contributed by atoms with Gasteiger partial charge in [0.2, 0.25) is 5.91 Å². The first-order chi connectivity index (χ1) is 11.1. The second kappa shape index (κ2) is 6.82.